The van der Waals surface area contributed by atoms with Crippen molar-refractivity contribution in [3.63, 3.8) is 0 Å². The number of H-pyrrole nitrogens is 1. The first-order valence-electron chi connectivity index (χ1n) is 5.65. The predicted octanol–water partition coefficient (Wildman–Crippen LogP) is 0.506. The minimum Gasteiger partial charge on any atom is -0.326 e. The number of anilines is 1. The van der Waals surface area contributed by atoms with Gasteiger partial charge in [-0.25, -0.2) is 0 Å². The summed E-state index contributed by atoms with van der Waals surface area (Å²) in [5.74, 6) is 0.140. The summed E-state index contributed by atoms with van der Waals surface area (Å²) in [5.41, 5.74) is 2.39. The third kappa shape index (κ3) is 1.99. The first kappa shape index (κ1) is 10.2. The molecule has 3 N–H and O–H groups in total. The summed E-state index contributed by atoms with van der Waals surface area (Å²) in [7, 11) is 0. The minimum absolute atomic E-state index is 0.0674. The summed E-state index contributed by atoms with van der Waals surface area (Å²) in [4.78, 5) is 11.9. The molecule has 3 rings (SSSR count). The van der Waals surface area contributed by atoms with Gasteiger partial charge in [0.05, 0.1) is 11.4 Å². The van der Waals surface area contributed by atoms with E-state index in [1.807, 2.05) is 18.2 Å². The van der Waals surface area contributed by atoms with E-state index in [9.17, 15) is 4.79 Å². The molecular formula is C11H13N5O. The highest BCUT2D eigenvalue weighted by Crippen LogP contribution is 2.17. The highest BCUT2D eigenvalue weighted by atomic mass is 16.1. The zero-order chi connectivity index (χ0) is 11.7. The van der Waals surface area contributed by atoms with Gasteiger partial charge in [0.1, 0.15) is 5.52 Å². The molecule has 1 aliphatic heterocycles. The van der Waals surface area contributed by atoms with Crippen LogP contribution in [-0.2, 0) is 4.79 Å². The van der Waals surface area contributed by atoms with Crippen LogP contribution in [0.4, 0.5) is 5.69 Å². The molecule has 0 spiro atoms. The lowest BCUT2D eigenvalue weighted by atomic mass is 10.1. The van der Waals surface area contributed by atoms with Crippen molar-refractivity contribution in [2.24, 2.45) is 5.92 Å². The summed E-state index contributed by atoms with van der Waals surface area (Å²) in [5, 5.41) is 16.5. The molecule has 1 aromatic carbocycles. The van der Waals surface area contributed by atoms with E-state index in [0.29, 0.717) is 0 Å². The Bertz CT molecular complexity index is 544. The zero-order valence-electron chi connectivity index (χ0n) is 9.23. The lowest BCUT2D eigenvalue weighted by molar-refractivity contribution is -0.119. The van der Waals surface area contributed by atoms with Gasteiger partial charge in [-0.15, -0.1) is 5.10 Å². The van der Waals surface area contributed by atoms with Crippen LogP contribution in [0, 0.1) is 5.92 Å². The third-order valence-electron chi connectivity index (χ3n) is 3.02. The number of fused-ring (bicyclic) bond motifs is 1. The molecule has 6 heteroatoms. The average molecular weight is 231 g/mol. The zero-order valence-corrected chi connectivity index (χ0v) is 9.23. The standard InChI is InChI=1S/C11H13N5O/c17-11(7-3-4-12-6-7)13-8-1-2-9-10(5-8)15-16-14-9/h1-2,5,7,12H,3-4,6H2,(H,13,17)(H,14,15,16). The molecule has 1 atom stereocenters. The Morgan fingerprint density at radius 1 is 1.47 bits per heavy atom. The second-order valence-corrected chi connectivity index (χ2v) is 4.22. The van der Waals surface area contributed by atoms with Crippen molar-refractivity contribution in [2.75, 3.05) is 18.4 Å². The van der Waals surface area contributed by atoms with E-state index in [1.54, 1.807) is 0 Å². The maximum absolute atomic E-state index is 11.9. The number of aromatic amines is 1. The average Bonchev–Trinajstić information content (AvgIpc) is 2.99. The number of nitrogens with zero attached hydrogens (tertiary/aromatic N) is 2. The van der Waals surface area contributed by atoms with Crippen LogP contribution >= 0.6 is 0 Å². The highest BCUT2D eigenvalue weighted by Gasteiger charge is 2.22. The van der Waals surface area contributed by atoms with E-state index in [2.05, 4.69) is 26.0 Å². The van der Waals surface area contributed by atoms with Crippen LogP contribution in [0.1, 0.15) is 6.42 Å². The monoisotopic (exact) mass is 231 g/mol. The topological polar surface area (TPSA) is 82.7 Å². The summed E-state index contributed by atoms with van der Waals surface area (Å²) in [6.45, 7) is 1.68. The van der Waals surface area contributed by atoms with E-state index < -0.39 is 0 Å². The molecule has 0 aliphatic carbocycles. The number of nitrogens with one attached hydrogen (secondary N) is 3. The molecular weight excluding hydrogens is 218 g/mol. The Labute approximate surface area is 97.8 Å². The van der Waals surface area contributed by atoms with Crippen LogP contribution in [0.2, 0.25) is 0 Å². The van der Waals surface area contributed by atoms with Crippen LogP contribution in [0.3, 0.4) is 0 Å². The van der Waals surface area contributed by atoms with Gasteiger partial charge in [0.15, 0.2) is 0 Å². The summed E-state index contributed by atoms with van der Waals surface area (Å²) in [6.07, 6.45) is 0.901. The first-order valence-corrected chi connectivity index (χ1v) is 5.65. The van der Waals surface area contributed by atoms with Crippen LogP contribution in [0.5, 0.6) is 0 Å². The number of aromatic nitrogens is 3. The van der Waals surface area contributed by atoms with Crippen molar-refractivity contribution >= 4 is 22.6 Å². The number of amides is 1. The largest absolute Gasteiger partial charge is 0.326 e. The van der Waals surface area contributed by atoms with E-state index in [0.717, 1.165) is 36.2 Å². The molecule has 0 bridgehead atoms. The number of hydrogen-bond acceptors (Lipinski definition) is 4. The molecule has 17 heavy (non-hydrogen) atoms. The fraction of sp³-hybridized carbons (Fsp3) is 0.364. The van der Waals surface area contributed by atoms with Crippen LogP contribution in [0.25, 0.3) is 11.0 Å². The fourth-order valence-electron chi connectivity index (χ4n) is 2.04. The van der Waals surface area contributed by atoms with E-state index >= 15 is 0 Å². The SMILES string of the molecule is O=C(Nc1ccc2[nH]nnc2c1)C1CCNC1. The number of hydrogen-bond donors (Lipinski definition) is 3. The maximum atomic E-state index is 11.9. The Kier molecular flexibility index (Phi) is 2.49. The van der Waals surface area contributed by atoms with Gasteiger partial charge < -0.3 is 10.6 Å². The van der Waals surface area contributed by atoms with Crippen LogP contribution in [-0.4, -0.2) is 34.4 Å². The smallest absolute Gasteiger partial charge is 0.228 e. The van der Waals surface area contributed by atoms with Gasteiger partial charge in [-0.3, -0.25) is 9.89 Å². The number of carbonyl (C=O) groups is 1. The van der Waals surface area contributed by atoms with Gasteiger partial charge in [-0.2, -0.15) is 0 Å². The molecule has 2 aromatic rings. The van der Waals surface area contributed by atoms with Crippen molar-refractivity contribution in [1.29, 1.82) is 0 Å². The molecule has 2 heterocycles. The molecule has 1 amide bonds. The van der Waals surface area contributed by atoms with Gasteiger partial charge in [0.25, 0.3) is 0 Å². The Balaban J connectivity index is 1.77. The number of carbonyl (C=O) groups excluding carboxylic acids is 1. The first-order chi connectivity index (χ1) is 8.33. The van der Waals surface area contributed by atoms with E-state index in [1.165, 1.54) is 0 Å². The molecule has 1 fully saturated rings. The van der Waals surface area contributed by atoms with Gasteiger partial charge >= 0.3 is 0 Å². The summed E-state index contributed by atoms with van der Waals surface area (Å²) in [6, 6.07) is 5.53. The van der Waals surface area contributed by atoms with E-state index in [4.69, 9.17) is 0 Å². The Hall–Kier alpha value is -1.95. The minimum atomic E-state index is 0.0674. The normalized spacial score (nSPS) is 19.6. The Morgan fingerprint density at radius 2 is 2.41 bits per heavy atom. The molecule has 6 nitrogen and oxygen atoms in total. The van der Waals surface area contributed by atoms with Crippen molar-refractivity contribution < 1.29 is 4.79 Å². The molecule has 0 radical (unpaired) electrons. The lowest BCUT2D eigenvalue weighted by Gasteiger charge is -2.09. The molecule has 1 saturated heterocycles. The number of rotatable bonds is 2. The second kappa shape index (κ2) is 4.14. The summed E-state index contributed by atoms with van der Waals surface area (Å²) >= 11 is 0. The van der Waals surface area contributed by atoms with E-state index in [-0.39, 0.29) is 11.8 Å². The van der Waals surface area contributed by atoms with Gasteiger partial charge in [-0.05, 0) is 31.2 Å². The quantitative estimate of drug-likeness (QED) is 0.703. The molecule has 1 unspecified atom stereocenters. The predicted molar refractivity (Wildman–Crippen MR) is 63.5 cm³/mol. The van der Waals surface area contributed by atoms with Crippen molar-refractivity contribution in [3.8, 4) is 0 Å². The maximum Gasteiger partial charge on any atom is 0.228 e. The van der Waals surface area contributed by atoms with Crippen molar-refractivity contribution in [1.82, 2.24) is 20.7 Å². The third-order valence-corrected chi connectivity index (χ3v) is 3.02. The Morgan fingerprint density at radius 3 is 3.24 bits per heavy atom. The van der Waals surface area contributed by atoms with Crippen molar-refractivity contribution in [3.05, 3.63) is 18.2 Å². The number of benzene rings is 1. The molecule has 1 aromatic heterocycles. The van der Waals surface area contributed by atoms with Crippen molar-refractivity contribution in [2.45, 2.75) is 6.42 Å². The lowest BCUT2D eigenvalue weighted by Crippen LogP contribution is -2.24. The molecule has 0 saturated carbocycles. The highest BCUT2D eigenvalue weighted by molar-refractivity contribution is 5.94. The molecule has 88 valence electrons. The fourth-order valence-corrected chi connectivity index (χ4v) is 2.04. The van der Waals surface area contributed by atoms with Crippen LogP contribution < -0.4 is 10.6 Å². The van der Waals surface area contributed by atoms with Crippen LogP contribution in [0.15, 0.2) is 18.2 Å². The summed E-state index contributed by atoms with van der Waals surface area (Å²) < 4.78 is 0. The van der Waals surface area contributed by atoms with Gasteiger partial charge in [0, 0.05) is 12.2 Å². The second-order valence-electron chi connectivity index (χ2n) is 4.22. The van der Waals surface area contributed by atoms with Gasteiger partial charge in [0.2, 0.25) is 5.91 Å². The van der Waals surface area contributed by atoms with Gasteiger partial charge in [-0.1, -0.05) is 5.21 Å². The molecule has 1 aliphatic rings.